The van der Waals surface area contributed by atoms with Crippen LogP contribution in [0.1, 0.15) is 25.7 Å². The predicted octanol–water partition coefficient (Wildman–Crippen LogP) is 4.37. The average Bonchev–Trinajstić information content (AvgIpc) is 2.11. The van der Waals surface area contributed by atoms with Crippen LogP contribution in [0.3, 0.4) is 0 Å². The van der Waals surface area contributed by atoms with Gasteiger partial charge in [-0.3, -0.25) is 10.1 Å². The summed E-state index contributed by atoms with van der Waals surface area (Å²) in [5.74, 6) is 0. The fourth-order valence-corrected chi connectivity index (χ4v) is 1.06. The predicted molar refractivity (Wildman–Crippen MR) is 61.3 cm³/mol. The molecule has 0 aliphatic rings. The number of nitro groups is 1. The normalized spacial score (nSPS) is 11.7. The van der Waals surface area contributed by atoms with E-state index in [1.54, 1.807) is 0 Å². The van der Waals surface area contributed by atoms with E-state index in [0.717, 1.165) is 0 Å². The second-order valence-corrected chi connectivity index (χ2v) is 4.26. The Labute approximate surface area is 113 Å². The van der Waals surface area contributed by atoms with E-state index in [4.69, 9.17) is 0 Å². The van der Waals surface area contributed by atoms with Gasteiger partial charge in [-0.15, -0.1) is 0 Å². The first-order valence-electron chi connectivity index (χ1n) is 4.79. The molecule has 18 heavy (non-hydrogen) atoms. The van der Waals surface area contributed by atoms with E-state index in [-0.39, 0.29) is 6.42 Å². The Balaban J connectivity index is 0. The Hall–Kier alpha value is -0.290. The first-order valence-corrected chi connectivity index (χ1v) is 6.32. The molecule has 0 fully saturated rings. The number of hydrogen-bond acceptors (Lipinski definition) is 2. The highest BCUT2D eigenvalue weighted by molar-refractivity contribution is 14.1. The molecule has 0 heterocycles. The molecular weight excluding hydrogens is 383 g/mol. The molecule has 0 saturated carbocycles. The molecule has 10 heteroatoms. The summed E-state index contributed by atoms with van der Waals surface area (Å²) in [6, 6.07) is 0. The molecule has 0 amide bonds. The number of hydrogen-bond donors (Lipinski definition) is 0. The van der Waals surface area contributed by atoms with E-state index in [9.17, 15) is 36.5 Å². The maximum Gasteiger partial charge on any atom is 0.389 e. The topological polar surface area (TPSA) is 43.1 Å². The lowest BCUT2D eigenvalue weighted by Crippen LogP contribution is -2.10. The van der Waals surface area contributed by atoms with Crippen LogP contribution >= 0.6 is 22.6 Å². The Bertz CT molecular complexity index is 231. The van der Waals surface area contributed by atoms with Crippen molar-refractivity contribution in [2.75, 3.05) is 11.0 Å². The summed E-state index contributed by atoms with van der Waals surface area (Å²) < 4.78 is 68.1. The van der Waals surface area contributed by atoms with Crippen molar-refractivity contribution in [3.8, 4) is 0 Å². The fourth-order valence-electron chi connectivity index (χ4n) is 0.676. The monoisotopic (exact) mass is 395 g/mol. The first kappa shape index (κ1) is 20.0. The summed E-state index contributed by atoms with van der Waals surface area (Å²) in [6.45, 7) is -0.612. The van der Waals surface area contributed by atoms with Crippen LogP contribution in [0.25, 0.3) is 0 Å². The summed E-state index contributed by atoms with van der Waals surface area (Å²) in [7, 11) is 0. The highest BCUT2D eigenvalue weighted by Gasteiger charge is 2.27. The number of alkyl halides is 7. The van der Waals surface area contributed by atoms with Crippen LogP contribution in [0.15, 0.2) is 0 Å². The minimum absolute atomic E-state index is 0.240. The third-order valence-electron chi connectivity index (χ3n) is 1.39. The summed E-state index contributed by atoms with van der Waals surface area (Å²) in [5.41, 5.74) is 0. The fraction of sp³-hybridized carbons (Fsp3) is 1.00. The van der Waals surface area contributed by atoms with Gasteiger partial charge in [-0.1, -0.05) is 22.6 Å². The average molecular weight is 395 g/mol. The Morgan fingerprint density at radius 2 is 1.33 bits per heavy atom. The van der Waals surface area contributed by atoms with Crippen LogP contribution < -0.4 is 0 Å². The van der Waals surface area contributed by atoms with Crippen molar-refractivity contribution in [3.05, 3.63) is 10.1 Å². The quantitative estimate of drug-likeness (QED) is 0.228. The van der Waals surface area contributed by atoms with Gasteiger partial charge in [-0.2, -0.15) is 26.3 Å². The summed E-state index contributed by atoms with van der Waals surface area (Å²) >= 11 is 1.93. The van der Waals surface area contributed by atoms with Crippen LogP contribution in [0.5, 0.6) is 0 Å². The van der Waals surface area contributed by atoms with Gasteiger partial charge in [0.2, 0.25) is 6.54 Å². The molecule has 0 rings (SSSR count). The number of halogens is 7. The number of rotatable bonds is 5. The molecule has 0 aliphatic heterocycles. The molecule has 0 unspecified atom stereocenters. The lowest BCUT2D eigenvalue weighted by atomic mass is 10.3. The molecule has 3 nitrogen and oxygen atoms in total. The highest BCUT2D eigenvalue weighted by atomic mass is 127. The highest BCUT2D eigenvalue weighted by Crippen LogP contribution is 2.21. The summed E-state index contributed by atoms with van der Waals surface area (Å²) in [4.78, 5) is 8.77. The van der Waals surface area contributed by atoms with E-state index >= 15 is 0 Å². The lowest BCUT2D eigenvalue weighted by Gasteiger charge is -2.01. The van der Waals surface area contributed by atoms with Gasteiger partial charge in [0, 0.05) is 24.2 Å². The maximum atomic E-state index is 11.3. The van der Waals surface area contributed by atoms with Crippen molar-refractivity contribution in [2.24, 2.45) is 0 Å². The van der Waals surface area contributed by atoms with Crippen LogP contribution in [0, 0.1) is 10.1 Å². The zero-order valence-corrected chi connectivity index (χ0v) is 11.3. The molecule has 0 N–H and O–H groups in total. The standard InChI is InChI=1S/C4H6F3I.C4H6F3NO2/c5-4(6,7)2-1-3-8;5-4(6,7)2-1-3-8(9)10/h1-3H2;1-3H2. The van der Waals surface area contributed by atoms with Gasteiger partial charge in [-0.05, 0) is 10.8 Å². The van der Waals surface area contributed by atoms with E-state index in [0.29, 0.717) is 4.43 Å². The molecule has 0 aromatic rings. The molecular formula is C8H12F6INO2. The SMILES string of the molecule is FC(F)(F)CCCI.O=[N+]([O-])CCCC(F)(F)F. The van der Waals surface area contributed by atoms with Crippen molar-refractivity contribution in [2.45, 2.75) is 38.0 Å². The largest absolute Gasteiger partial charge is 0.389 e. The molecule has 0 aromatic carbocycles. The maximum absolute atomic E-state index is 11.3. The second-order valence-electron chi connectivity index (χ2n) is 3.18. The Kier molecular flexibility index (Phi) is 10.7. The third kappa shape index (κ3) is 24.8. The minimum Gasteiger partial charge on any atom is -0.265 e. The lowest BCUT2D eigenvalue weighted by molar-refractivity contribution is -0.481. The van der Waals surface area contributed by atoms with Crippen LogP contribution in [-0.2, 0) is 0 Å². The van der Waals surface area contributed by atoms with Gasteiger partial charge in [0.05, 0.1) is 0 Å². The van der Waals surface area contributed by atoms with Crippen LogP contribution in [0.2, 0.25) is 0 Å². The number of nitrogens with zero attached hydrogens (tertiary/aromatic N) is 1. The molecule has 0 atom stereocenters. The molecule has 0 saturated heterocycles. The molecule has 0 spiro atoms. The van der Waals surface area contributed by atoms with Gasteiger partial charge in [0.25, 0.3) is 0 Å². The molecule has 0 aliphatic carbocycles. The third-order valence-corrected chi connectivity index (χ3v) is 2.16. The van der Waals surface area contributed by atoms with E-state index < -0.39 is 43.1 Å². The van der Waals surface area contributed by atoms with Crippen molar-refractivity contribution in [1.82, 2.24) is 0 Å². The van der Waals surface area contributed by atoms with E-state index in [2.05, 4.69) is 0 Å². The van der Waals surface area contributed by atoms with Crippen molar-refractivity contribution in [3.63, 3.8) is 0 Å². The molecule has 0 bridgehead atoms. The Morgan fingerprint density at radius 1 is 0.944 bits per heavy atom. The van der Waals surface area contributed by atoms with Gasteiger partial charge < -0.3 is 0 Å². The second kappa shape index (κ2) is 9.62. The first-order chi connectivity index (χ1) is 7.98. The van der Waals surface area contributed by atoms with Crippen molar-refractivity contribution < 1.29 is 31.3 Å². The zero-order chi connectivity index (χ0) is 14.8. The van der Waals surface area contributed by atoms with Crippen LogP contribution in [0.4, 0.5) is 26.3 Å². The van der Waals surface area contributed by atoms with Crippen molar-refractivity contribution >= 4 is 22.6 Å². The van der Waals surface area contributed by atoms with Gasteiger partial charge in [0.15, 0.2) is 0 Å². The van der Waals surface area contributed by atoms with Gasteiger partial charge in [-0.25, -0.2) is 0 Å². The van der Waals surface area contributed by atoms with Gasteiger partial charge >= 0.3 is 12.4 Å². The smallest absolute Gasteiger partial charge is 0.265 e. The minimum atomic E-state index is -4.27. The van der Waals surface area contributed by atoms with E-state index in [1.165, 1.54) is 0 Å². The zero-order valence-electron chi connectivity index (χ0n) is 9.15. The van der Waals surface area contributed by atoms with Crippen molar-refractivity contribution in [1.29, 1.82) is 0 Å². The van der Waals surface area contributed by atoms with E-state index in [1.807, 2.05) is 22.6 Å². The van der Waals surface area contributed by atoms with Gasteiger partial charge in [0.1, 0.15) is 0 Å². The summed E-state index contributed by atoms with van der Waals surface area (Å²) in [5, 5.41) is 9.52. The van der Waals surface area contributed by atoms with Crippen LogP contribution in [-0.4, -0.2) is 28.2 Å². The molecule has 110 valence electrons. The molecule has 0 radical (unpaired) electrons. The Morgan fingerprint density at radius 3 is 1.56 bits per heavy atom. The molecule has 0 aromatic heterocycles. The summed E-state index contributed by atoms with van der Waals surface area (Å²) in [6.07, 6.45) is -10.1.